The third kappa shape index (κ3) is 4.17. The smallest absolute Gasteiger partial charge is 0.176 e. The van der Waals surface area contributed by atoms with Gasteiger partial charge in [0.05, 0.1) is 19.8 Å². The summed E-state index contributed by atoms with van der Waals surface area (Å²) in [4.78, 5) is 25.6. The Hall–Kier alpha value is -2.59. The van der Waals surface area contributed by atoms with Crippen molar-refractivity contribution in [3.63, 3.8) is 0 Å². The van der Waals surface area contributed by atoms with Crippen LogP contribution in [0.25, 0.3) is 32.6 Å². The highest BCUT2D eigenvalue weighted by Crippen LogP contribution is 2.35. The summed E-state index contributed by atoms with van der Waals surface area (Å²) in [6.45, 7) is 6.23. The van der Waals surface area contributed by atoms with E-state index in [1.807, 2.05) is 6.20 Å². The van der Waals surface area contributed by atoms with E-state index in [2.05, 4.69) is 58.0 Å². The van der Waals surface area contributed by atoms with E-state index < -0.39 is 0 Å². The number of hydrogen-bond donors (Lipinski definition) is 1. The Bertz CT molecular complexity index is 1290. The van der Waals surface area contributed by atoms with Gasteiger partial charge >= 0.3 is 0 Å². The van der Waals surface area contributed by atoms with Gasteiger partial charge in [-0.15, -0.1) is 11.3 Å². The predicted octanol–water partition coefficient (Wildman–Crippen LogP) is 3.60. The molecule has 9 heteroatoms. The van der Waals surface area contributed by atoms with Crippen LogP contribution in [-0.2, 0) is 11.3 Å². The number of aromatic amines is 1. The largest absolute Gasteiger partial charge is 0.378 e. The minimum absolute atomic E-state index is 0.684. The van der Waals surface area contributed by atoms with Crippen LogP contribution in [-0.4, -0.2) is 89.3 Å². The lowest BCUT2D eigenvalue weighted by Gasteiger charge is -2.34. The summed E-state index contributed by atoms with van der Waals surface area (Å²) in [5, 5.41) is 2.26. The number of nitrogens with one attached hydrogen (secondary N) is 1. The second kappa shape index (κ2) is 9.22. The van der Waals surface area contributed by atoms with Gasteiger partial charge in [-0.25, -0.2) is 15.0 Å². The molecule has 3 aromatic heterocycles. The summed E-state index contributed by atoms with van der Waals surface area (Å²) >= 11 is 1.75. The van der Waals surface area contributed by atoms with Crippen molar-refractivity contribution in [3.05, 3.63) is 35.5 Å². The number of likely N-dealkylation sites (tertiary alicyclic amines) is 1. The average molecular weight is 478 g/mol. The maximum Gasteiger partial charge on any atom is 0.176 e. The van der Waals surface area contributed by atoms with Gasteiger partial charge in [0.25, 0.3) is 0 Å². The van der Waals surface area contributed by atoms with Crippen LogP contribution in [0.4, 0.5) is 5.82 Å². The van der Waals surface area contributed by atoms with Crippen LogP contribution in [0, 0.1) is 0 Å². The van der Waals surface area contributed by atoms with Crippen molar-refractivity contribution < 1.29 is 4.74 Å². The number of H-pyrrole nitrogens is 1. The van der Waals surface area contributed by atoms with Crippen LogP contribution in [0.3, 0.4) is 0 Å². The maximum absolute atomic E-state index is 5.61. The van der Waals surface area contributed by atoms with Crippen LogP contribution in [0.1, 0.15) is 17.8 Å². The first-order valence-corrected chi connectivity index (χ1v) is 12.9. The van der Waals surface area contributed by atoms with Crippen molar-refractivity contribution in [2.45, 2.75) is 25.4 Å². The number of rotatable bonds is 5. The summed E-state index contributed by atoms with van der Waals surface area (Å²) < 4.78 is 6.70. The third-order valence-electron chi connectivity index (χ3n) is 7.07. The first-order chi connectivity index (χ1) is 16.7. The van der Waals surface area contributed by atoms with Crippen LogP contribution < -0.4 is 4.90 Å². The van der Waals surface area contributed by atoms with Gasteiger partial charge in [0, 0.05) is 54.9 Å². The van der Waals surface area contributed by atoms with E-state index in [4.69, 9.17) is 19.7 Å². The van der Waals surface area contributed by atoms with E-state index in [1.54, 1.807) is 11.3 Å². The number of nitrogens with zero attached hydrogens (tertiary/aromatic N) is 6. The molecule has 178 valence electrons. The summed E-state index contributed by atoms with van der Waals surface area (Å²) in [5.74, 6) is 1.73. The molecule has 0 atom stereocenters. The molecule has 0 amide bonds. The Kier molecular flexibility index (Phi) is 5.94. The van der Waals surface area contributed by atoms with E-state index in [9.17, 15) is 0 Å². The zero-order valence-corrected chi connectivity index (χ0v) is 20.6. The molecule has 5 heterocycles. The fourth-order valence-corrected chi connectivity index (χ4v) is 6.16. The lowest BCUT2D eigenvalue weighted by molar-refractivity contribution is 0.122. The zero-order valence-electron chi connectivity index (χ0n) is 19.8. The molecule has 4 aromatic rings. The molecule has 8 nitrogen and oxygen atoms in total. The normalized spacial score (nSPS) is 18.5. The molecule has 0 unspecified atom stereocenters. The summed E-state index contributed by atoms with van der Waals surface area (Å²) in [5.41, 5.74) is 2.94. The van der Waals surface area contributed by atoms with E-state index >= 15 is 0 Å². The summed E-state index contributed by atoms with van der Waals surface area (Å²) in [6.07, 6.45) is 4.39. The summed E-state index contributed by atoms with van der Waals surface area (Å²) in [6, 6.07) is 9.02. The molecule has 0 bridgehead atoms. The number of thiazole rings is 1. The van der Waals surface area contributed by atoms with Gasteiger partial charge in [-0.1, -0.05) is 12.1 Å². The Balaban J connectivity index is 1.37. The minimum atomic E-state index is 0.684. The Morgan fingerprint density at radius 2 is 1.88 bits per heavy atom. The molecule has 1 aromatic carbocycles. The summed E-state index contributed by atoms with van der Waals surface area (Å²) in [7, 11) is 4.37. The first-order valence-electron chi connectivity index (χ1n) is 12.1. The van der Waals surface area contributed by atoms with E-state index in [1.165, 1.54) is 12.8 Å². The van der Waals surface area contributed by atoms with Crippen molar-refractivity contribution >= 4 is 38.4 Å². The van der Waals surface area contributed by atoms with Gasteiger partial charge in [0.15, 0.2) is 17.3 Å². The fraction of sp³-hybridized carbons (Fsp3) is 0.480. The Labute approximate surface area is 203 Å². The molecule has 2 fully saturated rings. The molecule has 0 radical (unpaired) electrons. The van der Waals surface area contributed by atoms with E-state index in [0.717, 1.165) is 89.4 Å². The van der Waals surface area contributed by atoms with E-state index in [0.29, 0.717) is 6.04 Å². The van der Waals surface area contributed by atoms with Gasteiger partial charge < -0.3 is 19.5 Å². The second-order valence-corrected chi connectivity index (χ2v) is 10.5. The number of hydrogen-bond acceptors (Lipinski definition) is 8. The number of piperidine rings is 1. The van der Waals surface area contributed by atoms with Gasteiger partial charge in [-0.3, -0.25) is 4.90 Å². The Morgan fingerprint density at radius 3 is 2.68 bits per heavy atom. The van der Waals surface area contributed by atoms with Crippen molar-refractivity contribution in [1.82, 2.24) is 29.7 Å². The molecular formula is C25H31N7OS. The Morgan fingerprint density at radius 1 is 1.06 bits per heavy atom. The molecule has 0 aliphatic carbocycles. The van der Waals surface area contributed by atoms with Crippen LogP contribution in [0.15, 0.2) is 30.5 Å². The highest BCUT2D eigenvalue weighted by atomic mass is 32.1. The number of fused-ring (bicyclic) bond motifs is 2. The monoisotopic (exact) mass is 477 g/mol. The van der Waals surface area contributed by atoms with Crippen molar-refractivity contribution in [2.75, 3.05) is 58.4 Å². The molecule has 2 aliphatic heterocycles. The van der Waals surface area contributed by atoms with Gasteiger partial charge in [-0.2, -0.15) is 0 Å². The number of benzene rings is 1. The minimum Gasteiger partial charge on any atom is -0.378 e. The first kappa shape index (κ1) is 21.9. The molecule has 0 spiro atoms. The number of morpholine rings is 1. The van der Waals surface area contributed by atoms with Crippen molar-refractivity contribution in [2.24, 2.45) is 0 Å². The zero-order chi connectivity index (χ0) is 23.1. The van der Waals surface area contributed by atoms with E-state index in [-0.39, 0.29) is 0 Å². The van der Waals surface area contributed by atoms with Gasteiger partial charge in [-0.05, 0) is 39.1 Å². The molecule has 2 saturated heterocycles. The number of anilines is 1. The van der Waals surface area contributed by atoms with Gasteiger partial charge in [0.2, 0.25) is 0 Å². The fourth-order valence-electron chi connectivity index (χ4n) is 5.10. The quantitative estimate of drug-likeness (QED) is 0.471. The lowest BCUT2D eigenvalue weighted by atomic mass is 10.0. The van der Waals surface area contributed by atoms with Crippen LogP contribution in [0.2, 0.25) is 0 Å². The van der Waals surface area contributed by atoms with Crippen molar-refractivity contribution in [1.29, 1.82) is 0 Å². The second-order valence-electron chi connectivity index (χ2n) is 9.45. The standard InChI is InChI=1S/C25H31N7OS/c1-30(2)17-7-10-31(11-8-17)16-21-27-24-22(34-21)25(32-12-14-33-15-13-32)29-23(28-24)19-4-3-5-20-18(19)6-9-26-20/h3-6,9,17,26H,7-8,10-16H2,1-2H3. The molecule has 2 aliphatic rings. The van der Waals surface area contributed by atoms with Crippen LogP contribution >= 0.6 is 11.3 Å². The highest BCUT2D eigenvalue weighted by molar-refractivity contribution is 7.19. The number of aromatic nitrogens is 4. The number of ether oxygens (including phenoxy) is 1. The highest BCUT2D eigenvalue weighted by Gasteiger charge is 2.24. The molecule has 0 saturated carbocycles. The third-order valence-corrected chi connectivity index (χ3v) is 8.10. The maximum atomic E-state index is 5.61. The molecule has 1 N–H and O–H groups in total. The van der Waals surface area contributed by atoms with Crippen LogP contribution in [0.5, 0.6) is 0 Å². The topological polar surface area (TPSA) is 73.4 Å². The van der Waals surface area contributed by atoms with Gasteiger partial charge in [0.1, 0.15) is 9.71 Å². The lowest BCUT2D eigenvalue weighted by Crippen LogP contribution is -2.41. The SMILES string of the molecule is CN(C)C1CCN(Cc2nc3nc(-c4cccc5[nH]ccc45)nc(N4CCOCC4)c3s2)CC1. The predicted molar refractivity (Wildman–Crippen MR) is 138 cm³/mol. The average Bonchev–Trinajstić information content (AvgIpc) is 3.50. The van der Waals surface area contributed by atoms with Crippen molar-refractivity contribution in [3.8, 4) is 11.4 Å². The molecule has 6 rings (SSSR count). The molecule has 34 heavy (non-hydrogen) atoms. The molecular weight excluding hydrogens is 446 g/mol.